The minimum absolute atomic E-state index is 0.327. The Morgan fingerprint density at radius 2 is 2.05 bits per heavy atom. The molecule has 0 aliphatic carbocycles. The molecule has 5 nitrogen and oxygen atoms in total. The number of rotatable bonds is 8. The van der Waals surface area contributed by atoms with Crippen molar-refractivity contribution in [2.24, 2.45) is 5.92 Å². The lowest BCUT2D eigenvalue weighted by Crippen LogP contribution is -2.12. The van der Waals surface area contributed by atoms with Crippen LogP contribution in [-0.2, 0) is 11.3 Å². The molecule has 1 aromatic heterocycles. The number of ether oxygens (including phenoxy) is 1. The maximum Gasteiger partial charge on any atom is 0.360 e. The van der Waals surface area contributed by atoms with E-state index >= 15 is 0 Å². The Morgan fingerprint density at radius 1 is 1.32 bits per heavy atom. The van der Waals surface area contributed by atoms with Crippen molar-refractivity contribution in [3.63, 3.8) is 0 Å². The van der Waals surface area contributed by atoms with Gasteiger partial charge < -0.3 is 4.74 Å². The summed E-state index contributed by atoms with van der Waals surface area (Å²) in [6.45, 7) is 9.29. The molecule has 0 unspecified atom stereocenters. The van der Waals surface area contributed by atoms with Crippen molar-refractivity contribution >= 4 is 5.97 Å². The summed E-state index contributed by atoms with van der Waals surface area (Å²) in [7, 11) is 0. The summed E-state index contributed by atoms with van der Waals surface area (Å²) in [5.74, 6) is -0.0423. The van der Waals surface area contributed by atoms with E-state index in [9.17, 15) is 4.79 Å². The molecule has 5 heteroatoms. The van der Waals surface area contributed by atoms with Gasteiger partial charge in [-0.3, -0.25) is 0 Å². The quantitative estimate of drug-likeness (QED) is 0.536. The van der Waals surface area contributed by atoms with Crippen molar-refractivity contribution in [3.05, 3.63) is 11.4 Å². The fourth-order valence-electron chi connectivity index (χ4n) is 1.76. The first-order chi connectivity index (χ1) is 9.06. The van der Waals surface area contributed by atoms with E-state index in [2.05, 4.69) is 17.2 Å². The van der Waals surface area contributed by atoms with Crippen LogP contribution >= 0.6 is 0 Å². The normalized spacial score (nSPS) is 11.0. The fraction of sp³-hybridized carbons (Fsp3) is 0.786. The van der Waals surface area contributed by atoms with Crippen molar-refractivity contribution in [1.29, 1.82) is 0 Å². The maximum absolute atomic E-state index is 11.8. The number of esters is 1. The van der Waals surface area contributed by atoms with Gasteiger partial charge in [0.25, 0.3) is 0 Å². The highest BCUT2D eigenvalue weighted by atomic mass is 16.5. The van der Waals surface area contributed by atoms with Crippen LogP contribution < -0.4 is 0 Å². The number of aryl methyl sites for hydroxylation is 1. The van der Waals surface area contributed by atoms with Crippen molar-refractivity contribution < 1.29 is 9.53 Å². The van der Waals surface area contributed by atoms with E-state index in [0.717, 1.165) is 18.7 Å². The molecule has 1 aromatic rings. The summed E-state index contributed by atoms with van der Waals surface area (Å²) >= 11 is 0. The Bertz CT molecular complexity index is 399. The average molecular weight is 267 g/mol. The molecule has 1 rings (SSSR count). The maximum atomic E-state index is 11.8. The number of carbonyl (C=O) groups excluding carboxylic acids is 1. The Kier molecular flexibility index (Phi) is 6.53. The van der Waals surface area contributed by atoms with Crippen LogP contribution in [0, 0.1) is 12.8 Å². The minimum Gasteiger partial charge on any atom is -0.461 e. The molecule has 0 fully saturated rings. The predicted octanol–water partition coefficient (Wildman–Crippen LogP) is 2.98. The van der Waals surface area contributed by atoms with Gasteiger partial charge in [-0.2, -0.15) is 0 Å². The number of aromatic nitrogens is 3. The van der Waals surface area contributed by atoms with Crippen LogP contribution in [0.25, 0.3) is 0 Å². The SMILES string of the molecule is CCCCCCn1nnc(C(=O)OCC(C)C)c1C. The van der Waals surface area contributed by atoms with E-state index in [1.807, 2.05) is 20.8 Å². The predicted molar refractivity (Wildman–Crippen MR) is 74.0 cm³/mol. The first-order valence-corrected chi connectivity index (χ1v) is 7.13. The number of hydrogen-bond donors (Lipinski definition) is 0. The number of hydrogen-bond acceptors (Lipinski definition) is 4. The third-order valence-electron chi connectivity index (χ3n) is 2.95. The highest BCUT2D eigenvalue weighted by Gasteiger charge is 2.17. The monoisotopic (exact) mass is 267 g/mol. The van der Waals surface area contributed by atoms with Crippen molar-refractivity contribution in [3.8, 4) is 0 Å². The van der Waals surface area contributed by atoms with E-state index < -0.39 is 0 Å². The van der Waals surface area contributed by atoms with Gasteiger partial charge in [0.2, 0.25) is 0 Å². The summed E-state index contributed by atoms with van der Waals surface area (Å²) in [6.07, 6.45) is 4.70. The van der Waals surface area contributed by atoms with Crippen LogP contribution in [-0.4, -0.2) is 27.6 Å². The van der Waals surface area contributed by atoms with Gasteiger partial charge in [-0.05, 0) is 19.3 Å². The lowest BCUT2D eigenvalue weighted by Gasteiger charge is -2.06. The Labute approximate surface area is 115 Å². The topological polar surface area (TPSA) is 57.0 Å². The number of unbranched alkanes of at least 4 members (excludes halogenated alkanes) is 3. The molecule has 0 aliphatic heterocycles. The zero-order valence-electron chi connectivity index (χ0n) is 12.5. The van der Waals surface area contributed by atoms with Gasteiger partial charge >= 0.3 is 5.97 Å². The van der Waals surface area contributed by atoms with Gasteiger partial charge in [0, 0.05) is 6.54 Å². The molecule has 108 valence electrons. The molecule has 0 bridgehead atoms. The van der Waals surface area contributed by atoms with Gasteiger partial charge in [-0.1, -0.05) is 45.2 Å². The molecular formula is C14H25N3O2. The molecule has 19 heavy (non-hydrogen) atoms. The summed E-state index contributed by atoms with van der Waals surface area (Å²) in [5, 5.41) is 7.96. The van der Waals surface area contributed by atoms with Crippen LogP contribution in [0.1, 0.15) is 62.6 Å². The Balaban J connectivity index is 2.52. The third kappa shape index (κ3) is 5.01. The van der Waals surface area contributed by atoms with Crippen LogP contribution in [0.3, 0.4) is 0 Å². The van der Waals surface area contributed by atoms with Crippen molar-refractivity contribution in [2.45, 2.75) is 59.9 Å². The lowest BCUT2D eigenvalue weighted by atomic mass is 10.2. The fourth-order valence-corrected chi connectivity index (χ4v) is 1.76. The van der Waals surface area contributed by atoms with Gasteiger partial charge in [0.1, 0.15) is 0 Å². The van der Waals surface area contributed by atoms with E-state index in [1.165, 1.54) is 19.3 Å². The highest BCUT2D eigenvalue weighted by molar-refractivity contribution is 5.88. The standard InChI is InChI=1S/C14H25N3O2/c1-5-6-7-8-9-17-12(4)13(15-16-17)14(18)19-10-11(2)3/h11H,5-10H2,1-4H3. The second-order valence-electron chi connectivity index (χ2n) is 5.30. The Morgan fingerprint density at radius 3 is 2.68 bits per heavy atom. The van der Waals surface area contributed by atoms with Gasteiger partial charge in [-0.15, -0.1) is 5.10 Å². The second-order valence-corrected chi connectivity index (χ2v) is 5.30. The number of carbonyl (C=O) groups is 1. The minimum atomic E-state index is -0.369. The van der Waals surface area contributed by atoms with Crippen LogP contribution in [0.4, 0.5) is 0 Å². The molecule has 0 N–H and O–H groups in total. The average Bonchev–Trinajstić information content (AvgIpc) is 2.73. The van der Waals surface area contributed by atoms with E-state index in [-0.39, 0.29) is 5.97 Å². The largest absolute Gasteiger partial charge is 0.461 e. The second kappa shape index (κ2) is 7.92. The molecule has 0 spiro atoms. The molecule has 0 atom stereocenters. The van der Waals surface area contributed by atoms with Crippen molar-refractivity contribution in [1.82, 2.24) is 15.0 Å². The molecule has 0 amide bonds. The van der Waals surface area contributed by atoms with E-state index in [0.29, 0.717) is 18.2 Å². The molecule has 0 saturated carbocycles. The lowest BCUT2D eigenvalue weighted by molar-refractivity contribution is 0.0451. The van der Waals surface area contributed by atoms with Crippen LogP contribution in [0.5, 0.6) is 0 Å². The first-order valence-electron chi connectivity index (χ1n) is 7.13. The molecule has 0 aromatic carbocycles. The zero-order chi connectivity index (χ0) is 14.3. The smallest absolute Gasteiger partial charge is 0.360 e. The van der Waals surface area contributed by atoms with Gasteiger partial charge in [-0.25, -0.2) is 9.48 Å². The van der Waals surface area contributed by atoms with Crippen LogP contribution in [0.2, 0.25) is 0 Å². The van der Waals surface area contributed by atoms with E-state index in [1.54, 1.807) is 4.68 Å². The molecule has 0 saturated heterocycles. The Hall–Kier alpha value is -1.39. The summed E-state index contributed by atoms with van der Waals surface area (Å²) < 4.78 is 6.97. The third-order valence-corrected chi connectivity index (χ3v) is 2.95. The molecule has 0 aliphatic rings. The van der Waals surface area contributed by atoms with Crippen LogP contribution in [0.15, 0.2) is 0 Å². The summed E-state index contributed by atoms with van der Waals surface area (Å²) in [4.78, 5) is 11.8. The van der Waals surface area contributed by atoms with Gasteiger partial charge in [0.15, 0.2) is 5.69 Å². The molecular weight excluding hydrogens is 242 g/mol. The van der Waals surface area contributed by atoms with Gasteiger partial charge in [0.05, 0.1) is 12.3 Å². The first kappa shape index (κ1) is 15.7. The number of nitrogens with zero attached hydrogens (tertiary/aromatic N) is 3. The van der Waals surface area contributed by atoms with E-state index in [4.69, 9.17) is 4.74 Å². The van der Waals surface area contributed by atoms with Crippen molar-refractivity contribution in [2.75, 3.05) is 6.61 Å². The molecule has 0 radical (unpaired) electrons. The zero-order valence-corrected chi connectivity index (χ0v) is 12.5. The highest BCUT2D eigenvalue weighted by Crippen LogP contribution is 2.09. The summed E-state index contributed by atoms with van der Waals surface area (Å²) in [5.41, 5.74) is 1.14. The summed E-state index contributed by atoms with van der Waals surface area (Å²) in [6, 6.07) is 0. The molecule has 1 heterocycles.